The largest absolute Gasteiger partial charge is 0.459 e. The molecule has 0 saturated carbocycles. The third-order valence-corrected chi connectivity index (χ3v) is 4.90. The van der Waals surface area contributed by atoms with Crippen molar-refractivity contribution in [2.24, 2.45) is 5.92 Å². The van der Waals surface area contributed by atoms with Crippen molar-refractivity contribution in [1.82, 2.24) is 4.90 Å². The molecule has 3 rings (SSSR count). The lowest BCUT2D eigenvalue weighted by atomic mass is 9.87. The number of furan rings is 1. The van der Waals surface area contributed by atoms with E-state index in [1.54, 1.807) is 17.0 Å². The summed E-state index contributed by atoms with van der Waals surface area (Å²) in [7, 11) is 0. The number of hydrogen-bond acceptors (Lipinski definition) is 3. The third-order valence-electron chi connectivity index (χ3n) is 4.90. The van der Waals surface area contributed by atoms with E-state index in [2.05, 4.69) is 38.2 Å². The Bertz CT molecular complexity index is 750. The van der Waals surface area contributed by atoms with E-state index in [0.717, 1.165) is 5.69 Å². The Kier molecular flexibility index (Phi) is 5.16. The fourth-order valence-electron chi connectivity index (χ4n) is 3.20. The van der Waals surface area contributed by atoms with Gasteiger partial charge in [0.05, 0.1) is 6.26 Å². The third kappa shape index (κ3) is 4.15. The average Bonchev–Trinajstić information content (AvgIpc) is 3.15. The predicted molar refractivity (Wildman–Crippen MR) is 101 cm³/mol. The van der Waals surface area contributed by atoms with Crippen LogP contribution in [-0.2, 0) is 10.2 Å². The zero-order valence-electron chi connectivity index (χ0n) is 15.6. The number of amides is 2. The number of nitrogens with one attached hydrogen (secondary N) is 1. The van der Waals surface area contributed by atoms with E-state index < -0.39 is 0 Å². The van der Waals surface area contributed by atoms with Crippen LogP contribution in [0.3, 0.4) is 0 Å². The fraction of sp³-hybridized carbons (Fsp3) is 0.429. The van der Waals surface area contributed by atoms with Crippen LogP contribution in [-0.4, -0.2) is 29.8 Å². The van der Waals surface area contributed by atoms with Crippen molar-refractivity contribution < 1.29 is 14.0 Å². The Balaban J connectivity index is 1.53. The molecule has 5 nitrogen and oxygen atoms in total. The van der Waals surface area contributed by atoms with Gasteiger partial charge in [-0.2, -0.15) is 0 Å². The number of piperidine rings is 1. The summed E-state index contributed by atoms with van der Waals surface area (Å²) in [4.78, 5) is 26.5. The van der Waals surface area contributed by atoms with Crippen molar-refractivity contribution in [3.05, 3.63) is 54.0 Å². The molecular weight excluding hydrogens is 328 g/mol. The number of likely N-dealkylation sites (tertiary alicyclic amines) is 1. The molecule has 1 fully saturated rings. The normalized spacial score (nSPS) is 15.7. The number of nitrogens with zero attached hydrogens (tertiary/aromatic N) is 1. The second-order valence-corrected chi connectivity index (χ2v) is 7.86. The SMILES string of the molecule is CC(C)(C)c1ccc(NC(=O)C2CCN(C(=O)c3ccco3)CC2)cc1. The van der Waals surface area contributed by atoms with E-state index in [1.807, 2.05) is 12.1 Å². The number of carbonyl (C=O) groups is 2. The van der Waals surface area contributed by atoms with Crippen LogP contribution >= 0.6 is 0 Å². The molecule has 0 bridgehead atoms. The summed E-state index contributed by atoms with van der Waals surface area (Å²) in [5, 5.41) is 3.00. The van der Waals surface area contributed by atoms with Crippen LogP contribution in [0, 0.1) is 5.92 Å². The molecule has 2 heterocycles. The molecule has 5 heteroatoms. The molecule has 0 aliphatic carbocycles. The van der Waals surface area contributed by atoms with Crippen molar-refractivity contribution >= 4 is 17.5 Å². The van der Waals surface area contributed by atoms with E-state index in [0.29, 0.717) is 31.7 Å². The van der Waals surface area contributed by atoms with Gasteiger partial charge in [0.2, 0.25) is 5.91 Å². The molecule has 2 aromatic rings. The number of hydrogen-bond donors (Lipinski definition) is 1. The highest BCUT2D eigenvalue weighted by molar-refractivity contribution is 5.94. The van der Waals surface area contributed by atoms with Gasteiger partial charge in [0.15, 0.2) is 5.76 Å². The van der Waals surface area contributed by atoms with Crippen molar-refractivity contribution in [2.45, 2.75) is 39.0 Å². The molecule has 0 atom stereocenters. The Labute approximate surface area is 154 Å². The smallest absolute Gasteiger partial charge is 0.289 e. The predicted octanol–water partition coefficient (Wildman–Crippen LogP) is 4.07. The van der Waals surface area contributed by atoms with Crippen LogP contribution < -0.4 is 5.32 Å². The van der Waals surface area contributed by atoms with E-state index in [-0.39, 0.29) is 23.1 Å². The van der Waals surface area contributed by atoms with Crippen LogP contribution in [0.4, 0.5) is 5.69 Å². The molecule has 1 saturated heterocycles. The standard InChI is InChI=1S/C21H26N2O3/c1-21(2,3)16-6-8-17(9-7-16)22-19(24)15-10-12-23(13-11-15)20(25)18-5-4-14-26-18/h4-9,14-15H,10-13H2,1-3H3,(H,22,24). The fourth-order valence-corrected chi connectivity index (χ4v) is 3.20. The average molecular weight is 354 g/mol. The highest BCUT2D eigenvalue weighted by atomic mass is 16.3. The number of anilines is 1. The molecule has 2 amide bonds. The summed E-state index contributed by atoms with van der Waals surface area (Å²) in [5.74, 6) is 0.204. The van der Waals surface area contributed by atoms with E-state index >= 15 is 0 Å². The first-order valence-corrected chi connectivity index (χ1v) is 9.09. The topological polar surface area (TPSA) is 62.6 Å². The maximum Gasteiger partial charge on any atom is 0.289 e. The monoisotopic (exact) mass is 354 g/mol. The van der Waals surface area contributed by atoms with Crippen LogP contribution in [0.15, 0.2) is 47.1 Å². The summed E-state index contributed by atoms with van der Waals surface area (Å²) >= 11 is 0. The van der Waals surface area contributed by atoms with E-state index in [1.165, 1.54) is 11.8 Å². The summed E-state index contributed by atoms with van der Waals surface area (Å²) < 4.78 is 5.16. The van der Waals surface area contributed by atoms with Gasteiger partial charge in [-0.15, -0.1) is 0 Å². The highest BCUT2D eigenvalue weighted by Crippen LogP contribution is 2.25. The Morgan fingerprint density at radius 1 is 1.08 bits per heavy atom. The molecule has 1 aromatic heterocycles. The van der Waals surface area contributed by atoms with Crippen molar-refractivity contribution in [3.63, 3.8) is 0 Å². The molecule has 1 aliphatic rings. The summed E-state index contributed by atoms with van der Waals surface area (Å²) in [5.41, 5.74) is 2.15. The van der Waals surface area contributed by atoms with Gasteiger partial charge in [0.25, 0.3) is 5.91 Å². The minimum absolute atomic E-state index is 0.0265. The van der Waals surface area contributed by atoms with E-state index in [4.69, 9.17) is 4.42 Å². The summed E-state index contributed by atoms with van der Waals surface area (Å²) in [6.45, 7) is 7.64. The van der Waals surface area contributed by atoms with Crippen LogP contribution in [0.2, 0.25) is 0 Å². The molecule has 26 heavy (non-hydrogen) atoms. The number of rotatable bonds is 3. The Morgan fingerprint density at radius 2 is 1.73 bits per heavy atom. The van der Waals surface area contributed by atoms with E-state index in [9.17, 15) is 9.59 Å². The zero-order chi connectivity index (χ0) is 18.7. The van der Waals surface area contributed by atoms with Crippen molar-refractivity contribution in [2.75, 3.05) is 18.4 Å². The Morgan fingerprint density at radius 3 is 2.27 bits per heavy atom. The van der Waals surface area contributed by atoms with Crippen molar-refractivity contribution in [1.29, 1.82) is 0 Å². The maximum atomic E-state index is 12.5. The molecule has 0 radical (unpaired) electrons. The lowest BCUT2D eigenvalue weighted by Gasteiger charge is -2.30. The van der Waals surface area contributed by atoms with Gasteiger partial charge in [0, 0.05) is 24.7 Å². The molecular formula is C21H26N2O3. The van der Waals surface area contributed by atoms with Gasteiger partial charge in [-0.25, -0.2) is 0 Å². The lowest BCUT2D eigenvalue weighted by molar-refractivity contribution is -0.121. The summed E-state index contributed by atoms with van der Waals surface area (Å²) in [6.07, 6.45) is 2.83. The number of benzene rings is 1. The molecule has 0 unspecified atom stereocenters. The second-order valence-electron chi connectivity index (χ2n) is 7.86. The molecule has 0 spiro atoms. The Hall–Kier alpha value is -2.56. The maximum absolute atomic E-state index is 12.5. The molecule has 1 N–H and O–H groups in total. The molecule has 1 aliphatic heterocycles. The first-order chi connectivity index (χ1) is 12.3. The minimum atomic E-state index is -0.105. The van der Waals surface area contributed by atoms with Gasteiger partial charge >= 0.3 is 0 Å². The molecule has 1 aromatic carbocycles. The number of carbonyl (C=O) groups excluding carboxylic acids is 2. The first kappa shape index (κ1) is 18.2. The zero-order valence-corrected chi connectivity index (χ0v) is 15.6. The van der Waals surface area contributed by atoms with Gasteiger partial charge in [0.1, 0.15) is 0 Å². The van der Waals surface area contributed by atoms with Gasteiger partial charge < -0.3 is 14.6 Å². The quantitative estimate of drug-likeness (QED) is 0.904. The van der Waals surface area contributed by atoms with Crippen molar-refractivity contribution in [3.8, 4) is 0 Å². The van der Waals surface area contributed by atoms with Crippen LogP contribution in [0.25, 0.3) is 0 Å². The van der Waals surface area contributed by atoms with Crippen LogP contribution in [0.1, 0.15) is 49.7 Å². The second kappa shape index (κ2) is 7.36. The minimum Gasteiger partial charge on any atom is -0.459 e. The van der Waals surface area contributed by atoms with Gasteiger partial charge in [-0.05, 0) is 48.1 Å². The van der Waals surface area contributed by atoms with Crippen LogP contribution in [0.5, 0.6) is 0 Å². The highest BCUT2D eigenvalue weighted by Gasteiger charge is 2.28. The lowest BCUT2D eigenvalue weighted by Crippen LogP contribution is -2.41. The van der Waals surface area contributed by atoms with Gasteiger partial charge in [-0.3, -0.25) is 9.59 Å². The van der Waals surface area contributed by atoms with Gasteiger partial charge in [-0.1, -0.05) is 32.9 Å². The molecule has 138 valence electrons. The summed E-state index contributed by atoms with van der Waals surface area (Å²) in [6, 6.07) is 11.4. The first-order valence-electron chi connectivity index (χ1n) is 9.09.